The third-order valence-electron chi connectivity index (χ3n) is 4.03. The van der Waals surface area contributed by atoms with Gasteiger partial charge in [-0.1, -0.05) is 30.9 Å². The van der Waals surface area contributed by atoms with Gasteiger partial charge in [-0.25, -0.2) is 0 Å². The summed E-state index contributed by atoms with van der Waals surface area (Å²) in [6.45, 7) is 3.29. The van der Waals surface area contributed by atoms with Crippen LogP contribution in [-0.4, -0.2) is 13.2 Å². The monoisotopic (exact) mass is 415 g/mol. The summed E-state index contributed by atoms with van der Waals surface area (Å²) in [7, 11) is 0. The molecule has 116 valence electrons. The maximum Gasteiger partial charge on any atom is 0.147 e. The van der Waals surface area contributed by atoms with E-state index in [9.17, 15) is 0 Å². The highest BCUT2D eigenvalue weighted by molar-refractivity contribution is 9.11. The highest BCUT2D eigenvalue weighted by Gasteiger charge is 2.17. The fraction of sp³-hybridized carbons (Fsp3) is 0.529. The van der Waals surface area contributed by atoms with Gasteiger partial charge in [0.1, 0.15) is 5.75 Å². The molecule has 0 spiro atoms. The molecular weight excluding hydrogens is 394 g/mol. The standard InChI is InChI=1S/C17H23Br2NO/c1-2-21-17-15(18)9-12(10-16(17)19)8-14(11-20)13-6-4-3-5-7-13/h8-10,13H,2-7,11,20H2,1H3/b14-8-. The molecule has 0 aliphatic heterocycles. The molecule has 1 aromatic rings. The van der Waals surface area contributed by atoms with Gasteiger partial charge in [0.05, 0.1) is 15.6 Å². The normalized spacial score (nSPS) is 17.0. The molecule has 0 radical (unpaired) electrons. The summed E-state index contributed by atoms with van der Waals surface area (Å²) in [6, 6.07) is 4.21. The summed E-state index contributed by atoms with van der Waals surface area (Å²) in [5, 5.41) is 0. The van der Waals surface area contributed by atoms with E-state index in [1.807, 2.05) is 6.92 Å². The molecule has 0 atom stereocenters. The first-order valence-corrected chi connectivity index (χ1v) is 9.26. The highest BCUT2D eigenvalue weighted by Crippen LogP contribution is 2.36. The van der Waals surface area contributed by atoms with E-state index in [1.54, 1.807) is 0 Å². The van der Waals surface area contributed by atoms with Crippen molar-refractivity contribution >= 4 is 37.9 Å². The Labute approximate surface area is 144 Å². The van der Waals surface area contributed by atoms with Gasteiger partial charge in [0, 0.05) is 6.54 Å². The summed E-state index contributed by atoms with van der Waals surface area (Å²) in [6.07, 6.45) is 8.85. The Balaban J connectivity index is 2.25. The van der Waals surface area contributed by atoms with E-state index in [0.29, 0.717) is 19.1 Å². The Bertz CT molecular complexity index is 485. The van der Waals surface area contributed by atoms with Crippen molar-refractivity contribution in [2.75, 3.05) is 13.2 Å². The van der Waals surface area contributed by atoms with Crippen LogP contribution in [0.5, 0.6) is 5.75 Å². The second kappa shape index (κ2) is 8.35. The summed E-state index contributed by atoms with van der Waals surface area (Å²) < 4.78 is 7.58. The molecule has 1 aliphatic carbocycles. The first-order valence-electron chi connectivity index (χ1n) is 7.68. The van der Waals surface area contributed by atoms with Crippen molar-refractivity contribution in [1.29, 1.82) is 0 Å². The van der Waals surface area contributed by atoms with Crippen LogP contribution in [0.15, 0.2) is 26.7 Å². The minimum atomic E-state index is 0.646. The average Bonchev–Trinajstić information content (AvgIpc) is 2.49. The van der Waals surface area contributed by atoms with Crippen LogP contribution < -0.4 is 10.5 Å². The Morgan fingerprint density at radius 3 is 2.38 bits per heavy atom. The lowest BCUT2D eigenvalue weighted by atomic mass is 9.83. The lowest BCUT2D eigenvalue weighted by Crippen LogP contribution is -2.16. The van der Waals surface area contributed by atoms with Gasteiger partial charge in [0.15, 0.2) is 0 Å². The summed E-state index contributed by atoms with van der Waals surface area (Å²) in [5.74, 6) is 1.52. The molecule has 0 bridgehead atoms. The van der Waals surface area contributed by atoms with Gasteiger partial charge < -0.3 is 10.5 Å². The summed E-state index contributed by atoms with van der Waals surface area (Å²) in [5.41, 5.74) is 8.53. The SMILES string of the molecule is CCOc1c(Br)cc(/C=C(/CN)C2CCCCC2)cc1Br. The van der Waals surface area contributed by atoms with Crippen molar-refractivity contribution in [1.82, 2.24) is 0 Å². The van der Waals surface area contributed by atoms with Gasteiger partial charge in [0.25, 0.3) is 0 Å². The Kier molecular flexibility index (Phi) is 6.77. The minimum Gasteiger partial charge on any atom is -0.492 e. The Morgan fingerprint density at radius 2 is 1.86 bits per heavy atom. The number of ether oxygens (including phenoxy) is 1. The van der Waals surface area contributed by atoms with Gasteiger partial charge in [0.2, 0.25) is 0 Å². The molecule has 1 saturated carbocycles. The van der Waals surface area contributed by atoms with Crippen LogP contribution >= 0.6 is 31.9 Å². The third-order valence-corrected chi connectivity index (χ3v) is 5.20. The lowest BCUT2D eigenvalue weighted by molar-refractivity contribution is 0.336. The molecule has 4 heteroatoms. The lowest BCUT2D eigenvalue weighted by Gasteiger charge is -2.24. The van der Waals surface area contributed by atoms with Crippen molar-refractivity contribution in [3.8, 4) is 5.75 Å². The average molecular weight is 417 g/mol. The fourth-order valence-corrected chi connectivity index (χ4v) is 4.43. The third kappa shape index (κ3) is 4.57. The first kappa shape index (κ1) is 17.0. The first-order chi connectivity index (χ1) is 10.2. The van der Waals surface area contributed by atoms with Crippen LogP contribution in [0, 0.1) is 5.92 Å². The minimum absolute atomic E-state index is 0.646. The summed E-state index contributed by atoms with van der Waals surface area (Å²) >= 11 is 7.18. The molecular formula is C17H23Br2NO. The molecule has 1 aliphatic rings. The number of benzene rings is 1. The summed E-state index contributed by atoms with van der Waals surface area (Å²) in [4.78, 5) is 0. The quantitative estimate of drug-likeness (QED) is 0.684. The predicted molar refractivity (Wildman–Crippen MR) is 96.6 cm³/mol. The Hall–Kier alpha value is -0.320. The number of hydrogen-bond donors (Lipinski definition) is 1. The topological polar surface area (TPSA) is 35.2 Å². The van der Waals surface area contributed by atoms with E-state index in [2.05, 4.69) is 50.1 Å². The number of rotatable bonds is 5. The zero-order valence-corrected chi connectivity index (χ0v) is 15.7. The molecule has 1 aromatic carbocycles. The van der Waals surface area contributed by atoms with Crippen LogP contribution in [-0.2, 0) is 0 Å². The van der Waals surface area contributed by atoms with Crippen LogP contribution in [0.4, 0.5) is 0 Å². The molecule has 0 aromatic heterocycles. The molecule has 0 heterocycles. The van der Waals surface area contributed by atoms with Crippen LogP contribution in [0.3, 0.4) is 0 Å². The van der Waals surface area contributed by atoms with Crippen LogP contribution in [0.2, 0.25) is 0 Å². The highest BCUT2D eigenvalue weighted by atomic mass is 79.9. The van der Waals surface area contributed by atoms with E-state index < -0.39 is 0 Å². The van der Waals surface area contributed by atoms with Crippen molar-refractivity contribution in [2.45, 2.75) is 39.0 Å². The second-order valence-corrected chi connectivity index (χ2v) is 7.21. The van der Waals surface area contributed by atoms with Gasteiger partial charge in [-0.2, -0.15) is 0 Å². The maximum atomic E-state index is 5.99. The van der Waals surface area contributed by atoms with Crippen molar-refractivity contribution in [3.05, 3.63) is 32.2 Å². The van der Waals surface area contributed by atoms with E-state index >= 15 is 0 Å². The van der Waals surface area contributed by atoms with Crippen molar-refractivity contribution < 1.29 is 4.74 Å². The zero-order valence-electron chi connectivity index (χ0n) is 12.5. The molecule has 2 rings (SSSR count). The molecule has 2 N–H and O–H groups in total. The second-order valence-electron chi connectivity index (χ2n) is 5.50. The number of halogens is 2. The van der Waals surface area contributed by atoms with E-state index in [-0.39, 0.29) is 0 Å². The van der Waals surface area contributed by atoms with Crippen LogP contribution in [0.25, 0.3) is 6.08 Å². The van der Waals surface area contributed by atoms with Crippen molar-refractivity contribution in [2.24, 2.45) is 11.7 Å². The molecule has 0 amide bonds. The fourth-order valence-electron chi connectivity index (χ4n) is 2.98. The van der Waals surface area contributed by atoms with Crippen molar-refractivity contribution in [3.63, 3.8) is 0 Å². The van der Waals surface area contributed by atoms with E-state index in [0.717, 1.165) is 14.7 Å². The van der Waals surface area contributed by atoms with Gasteiger partial charge >= 0.3 is 0 Å². The van der Waals surface area contributed by atoms with E-state index in [1.165, 1.54) is 43.2 Å². The smallest absolute Gasteiger partial charge is 0.147 e. The van der Waals surface area contributed by atoms with Crippen LogP contribution in [0.1, 0.15) is 44.6 Å². The number of nitrogens with two attached hydrogens (primary N) is 1. The molecule has 0 unspecified atom stereocenters. The van der Waals surface area contributed by atoms with E-state index in [4.69, 9.17) is 10.5 Å². The maximum absolute atomic E-state index is 5.99. The molecule has 21 heavy (non-hydrogen) atoms. The van der Waals surface area contributed by atoms with Gasteiger partial charge in [-0.15, -0.1) is 0 Å². The zero-order chi connectivity index (χ0) is 15.2. The predicted octanol–water partition coefficient (Wildman–Crippen LogP) is 5.53. The molecule has 0 saturated heterocycles. The Morgan fingerprint density at radius 1 is 1.24 bits per heavy atom. The van der Waals surface area contributed by atoms with Gasteiger partial charge in [-0.05, 0) is 75.2 Å². The number of hydrogen-bond acceptors (Lipinski definition) is 2. The molecule has 2 nitrogen and oxygen atoms in total. The largest absolute Gasteiger partial charge is 0.492 e. The van der Waals surface area contributed by atoms with Gasteiger partial charge in [-0.3, -0.25) is 0 Å². The molecule has 1 fully saturated rings.